The molecule has 0 radical (unpaired) electrons. The first-order chi connectivity index (χ1) is 12.5. The molecule has 0 saturated heterocycles. The average molecular weight is 373 g/mol. The van der Waals surface area contributed by atoms with Gasteiger partial charge in [-0.15, -0.1) is 11.8 Å². The van der Waals surface area contributed by atoms with Gasteiger partial charge in [-0.2, -0.15) is 0 Å². The van der Waals surface area contributed by atoms with Crippen molar-refractivity contribution in [3.8, 4) is 0 Å². The molecule has 2 rings (SSSR count). The molecule has 0 spiro atoms. The van der Waals surface area contributed by atoms with E-state index in [0.29, 0.717) is 18.4 Å². The molecule has 0 fully saturated rings. The second kappa shape index (κ2) is 10.2. The Morgan fingerprint density at radius 3 is 2.46 bits per heavy atom. The number of carbonyl (C=O) groups is 1. The summed E-state index contributed by atoms with van der Waals surface area (Å²) in [4.78, 5) is 13.4. The summed E-state index contributed by atoms with van der Waals surface area (Å²) in [5, 5.41) is 6.41. The number of carbonyl (C=O) groups excluding carboxylic acids is 1. The largest absolute Gasteiger partial charge is 0.380 e. The first-order valence-electron chi connectivity index (χ1n) is 8.90. The molecule has 26 heavy (non-hydrogen) atoms. The maximum Gasteiger partial charge on any atom is 0.319 e. The van der Waals surface area contributed by atoms with Crippen molar-refractivity contribution in [2.75, 3.05) is 12.4 Å². The van der Waals surface area contributed by atoms with Gasteiger partial charge in [-0.25, -0.2) is 4.79 Å². The summed E-state index contributed by atoms with van der Waals surface area (Å²) in [7, 11) is 1.68. The van der Waals surface area contributed by atoms with Crippen molar-refractivity contribution in [2.45, 2.75) is 50.5 Å². The maximum absolute atomic E-state index is 12.2. The number of thioether (sulfide) groups is 1. The zero-order chi connectivity index (χ0) is 18.9. The van der Waals surface area contributed by atoms with E-state index < -0.39 is 0 Å². The van der Waals surface area contributed by atoms with Crippen molar-refractivity contribution >= 4 is 23.5 Å². The third-order valence-corrected chi connectivity index (χ3v) is 5.41. The molecule has 0 bridgehead atoms. The average Bonchev–Trinajstić information content (AvgIpc) is 2.63. The van der Waals surface area contributed by atoms with Gasteiger partial charge < -0.3 is 15.4 Å². The van der Waals surface area contributed by atoms with Crippen LogP contribution in [0.1, 0.15) is 37.0 Å². The second-order valence-corrected chi connectivity index (χ2v) is 7.88. The number of aryl methyl sites for hydroxylation is 1. The van der Waals surface area contributed by atoms with E-state index in [-0.39, 0.29) is 6.03 Å². The lowest BCUT2D eigenvalue weighted by atomic mass is 10.1. The molecule has 2 aromatic carbocycles. The van der Waals surface area contributed by atoms with E-state index in [1.165, 1.54) is 4.90 Å². The third kappa shape index (κ3) is 6.39. The summed E-state index contributed by atoms with van der Waals surface area (Å²) in [6, 6.07) is 14.0. The maximum atomic E-state index is 12.2. The van der Waals surface area contributed by atoms with Crippen molar-refractivity contribution in [2.24, 2.45) is 0 Å². The van der Waals surface area contributed by atoms with E-state index in [1.54, 1.807) is 7.11 Å². The lowest BCUT2D eigenvalue weighted by Crippen LogP contribution is -2.28. The van der Waals surface area contributed by atoms with Crippen molar-refractivity contribution in [1.29, 1.82) is 0 Å². The number of urea groups is 1. The van der Waals surface area contributed by atoms with Crippen LogP contribution in [-0.2, 0) is 17.9 Å². The number of methoxy groups -OCH3 is 1. The fourth-order valence-electron chi connectivity index (χ4n) is 2.43. The van der Waals surface area contributed by atoms with Crippen LogP contribution in [0, 0.1) is 6.92 Å². The number of ether oxygens (including phenoxy) is 1. The molecule has 4 nitrogen and oxygen atoms in total. The highest BCUT2D eigenvalue weighted by molar-refractivity contribution is 7.99. The normalized spacial score (nSPS) is 11.8. The molecule has 0 aliphatic rings. The zero-order valence-corrected chi connectivity index (χ0v) is 16.8. The number of rotatable bonds is 8. The molecule has 0 aromatic heterocycles. The topological polar surface area (TPSA) is 50.4 Å². The molecule has 1 unspecified atom stereocenters. The number of amides is 2. The minimum absolute atomic E-state index is 0.198. The van der Waals surface area contributed by atoms with Crippen LogP contribution in [-0.4, -0.2) is 18.4 Å². The van der Waals surface area contributed by atoms with Crippen LogP contribution in [0.15, 0.2) is 47.4 Å². The van der Waals surface area contributed by atoms with E-state index in [0.717, 1.165) is 28.8 Å². The lowest BCUT2D eigenvalue weighted by molar-refractivity contribution is 0.185. The summed E-state index contributed by atoms with van der Waals surface area (Å²) in [5.41, 5.74) is 4.08. The minimum Gasteiger partial charge on any atom is -0.380 e. The van der Waals surface area contributed by atoms with Crippen LogP contribution in [0.4, 0.5) is 10.5 Å². The molecule has 0 aliphatic carbocycles. The highest BCUT2D eigenvalue weighted by atomic mass is 32.2. The first-order valence-corrected chi connectivity index (χ1v) is 9.78. The van der Waals surface area contributed by atoms with Gasteiger partial charge in [0, 0.05) is 29.5 Å². The SMILES string of the molecule is CCC(C)Sc1ccc(NC(=O)NCc2ccc(COC)cc2)c(C)c1. The Balaban J connectivity index is 1.87. The Labute approximate surface area is 160 Å². The summed E-state index contributed by atoms with van der Waals surface area (Å²) in [6.45, 7) is 7.51. The third-order valence-electron chi connectivity index (χ3n) is 4.15. The Morgan fingerprint density at radius 1 is 1.15 bits per heavy atom. The Kier molecular flexibility index (Phi) is 8.01. The summed E-state index contributed by atoms with van der Waals surface area (Å²) in [6.07, 6.45) is 1.14. The Morgan fingerprint density at radius 2 is 1.85 bits per heavy atom. The quantitative estimate of drug-likeness (QED) is 0.614. The molecule has 5 heteroatoms. The number of hydrogen-bond donors (Lipinski definition) is 2. The van der Waals surface area contributed by atoms with Gasteiger partial charge in [-0.3, -0.25) is 0 Å². The van der Waals surface area contributed by atoms with Gasteiger partial charge in [0.15, 0.2) is 0 Å². The molecule has 0 aliphatic heterocycles. The van der Waals surface area contributed by atoms with E-state index in [1.807, 2.05) is 49.0 Å². The highest BCUT2D eigenvalue weighted by Crippen LogP contribution is 2.28. The minimum atomic E-state index is -0.198. The molecule has 2 amide bonds. The number of benzene rings is 2. The lowest BCUT2D eigenvalue weighted by Gasteiger charge is -2.13. The van der Waals surface area contributed by atoms with Crippen LogP contribution in [0.25, 0.3) is 0 Å². The van der Waals surface area contributed by atoms with Crippen LogP contribution in [0.5, 0.6) is 0 Å². The van der Waals surface area contributed by atoms with Gasteiger partial charge in [0.2, 0.25) is 0 Å². The summed E-state index contributed by atoms with van der Waals surface area (Å²) < 4.78 is 5.10. The van der Waals surface area contributed by atoms with Gasteiger partial charge in [-0.05, 0) is 48.2 Å². The zero-order valence-electron chi connectivity index (χ0n) is 16.0. The summed E-state index contributed by atoms with van der Waals surface area (Å²) in [5.74, 6) is 0. The molecular formula is C21H28N2O2S. The Bertz CT molecular complexity index is 716. The van der Waals surface area contributed by atoms with Gasteiger partial charge in [0.05, 0.1) is 6.61 Å². The number of hydrogen-bond acceptors (Lipinski definition) is 3. The van der Waals surface area contributed by atoms with Gasteiger partial charge in [-0.1, -0.05) is 38.1 Å². The second-order valence-electron chi connectivity index (χ2n) is 6.37. The van der Waals surface area contributed by atoms with Crippen LogP contribution < -0.4 is 10.6 Å². The van der Waals surface area contributed by atoms with Gasteiger partial charge in [0.25, 0.3) is 0 Å². The highest BCUT2D eigenvalue weighted by Gasteiger charge is 2.07. The van der Waals surface area contributed by atoms with Crippen LogP contribution in [0.3, 0.4) is 0 Å². The van der Waals surface area contributed by atoms with Crippen molar-refractivity contribution in [3.63, 3.8) is 0 Å². The first kappa shape index (κ1) is 20.3. The van der Waals surface area contributed by atoms with E-state index >= 15 is 0 Å². The smallest absolute Gasteiger partial charge is 0.319 e. The summed E-state index contributed by atoms with van der Waals surface area (Å²) >= 11 is 1.86. The number of nitrogens with one attached hydrogen (secondary N) is 2. The molecule has 1 atom stereocenters. The van der Waals surface area contributed by atoms with Crippen LogP contribution >= 0.6 is 11.8 Å². The van der Waals surface area contributed by atoms with E-state index in [4.69, 9.17) is 4.74 Å². The standard InChI is InChI=1S/C21H28N2O2S/c1-5-16(3)26-19-10-11-20(15(2)12-19)23-21(24)22-13-17-6-8-18(9-7-17)14-25-4/h6-12,16H,5,13-14H2,1-4H3,(H2,22,23,24). The van der Waals surface area contributed by atoms with Gasteiger partial charge >= 0.3 is 6.03 Å². The fourth-order valence-corrected chi connectivity index (χ4v) is 3.46. The van der Waals surface area contributed by atoms with Crippen molar-refractivity contribution < 1.29 is 9.53 Å². The molecular weight excluding hydrogens is 344 g/mol. The molecule has 0 saturated carbocycles. The van der Waals surface area contributed by atoms with Crippen LogP contribution in [0.2, 0.25) is 0 Å². The van der Waals surface area contributed by atoms with Crippen molar-refractivity contribution in [1.82, 2.24) is 5.32 Å². The predicted octanol–water partition coefficient (Wildman–Crippen LogP) is 5.35. The molecule has 0 heterocycles. The fraction of sp³-hybridized carbons (Fsp3) is 0.381. The van der Waals surface area contributed by atoms with E-state index in [9.17, 15) is 4.79 Å². The van der Waals surface area contributed by atoms with Crippen molar-refractivity contribution in [3.05, 3.63) is 59.2 Å². The predicted molar refractivity (Wildman–Crippen MR) is 110 cm³/mol. The van der Waals surface area contributed by atoms with Gasteiger partial charge in [0.1, 0.15) is 0 Å². The van der Waals surface area contributed by atoms with E-state index in [2.05, 4.69) is 36.6 Å². The molecule has 2 aromatic rings. The number of anilines is 1. The Hall–Kier alpha value is -1.98. The molecule has 140 valence electrons. The monoisotopic (exact) mass is 372 g/mol. The molecule has 2 N–H and O–H groups in total.